The van der Waals surface area contributed by atoms with E-state index in [2.05, 4.69) is 22.0 Å². The van der Waals surface area contributed by atoms with E-state index in [9.17, 15) is 10.1 Å². The predicted octanol–water partition coefficient (Wildman–Crippen LogP) is 3.67. The summed E-state index contributed by atoms with van der Waals surface area (Å²) in [5, 5.41) is 9.29. The summed E-state index contributed by atoms with van der Waals surface area (Å²) in [5.41, 5.74) is 0.817. The molecule has 0 aromatic heterocycles. The summed E-state index contributed by atoms with van der Waals surface area (Å²) < 4.78 is 0.919. The van der Waals surface area contributed by atoms with Crippen molar-refractivity contribution in [1.82, 2.24) is 0 Å². The number of nitrogens with zero attached hydrogens (tertiary/aromatic N) is 1. The summed E-state index contributed by atoms with van der Waals surface area (Å²) in [6, 6.07) is 9.71. The smallest absolute Gasteiger partial charge is 0.157 e. The molecule has 1 aromatic carbocycles. The van der Waals surface area contributed by atoms with Crippen LogP contribution in [0.5, 0.6) is 0 Å². The Balaban J connectivity index is 1.80. The molecule has 0 amide bonds. The lowest BCUT2D eigenvalue weighted by Gasteiger charge is -2.15. The van der Waals surface area contributed by atoms with E-state index in [4.69, 9.17) is 0 Å². The Morgan fingerprint density at radius 3 is 2.67 bits per heavy atom. The molecule has 2 fully saturated rings. The third kappa shape index (κ3) is 2.10. The maximum atomic E-state index is 12.4. The highest BCUT2D eigenvalue weighted by Crippen LogP contribution is 2.55. The molecule has 0 saturated heterocycles. The fourth-order valence-corrected chi connectivity index (χ4v) is 3.59. The van der Waals surface area contributed by atoms with Crippen molar-refractivity contribution in [3.05, 3.63) is 34.3 Å². The van der Waals surface area contributed by atoms with E-state index >= 15 is 0 Å². The topological polar surface area (TPSA) is 40.9 Å². The van der Waals surface area contributed by atoms with Crippen LogP contribution in [0, 0.1) is 29.1 Å². The van der Waals surface area contributed by atoms with Gasteiger partial charge in [-0.3, -0.25) is 4.79 Å². The third-order valence-electron chi connectivity index (χ3n) is 4.24. The molecule has 2 saturated carbocycles. The number of rotatable bonds is 3. The number of carbonyl (C=O) groups excluding carboxylic acids is 1. The predicted molar refractivity (Wildman–Crippen MR) is 71.8 cm³/mol. The number of carbonyl (C=O) groups is 1. The van der Waals surface area contributed by atoms with E-state index in [1.165, 1.54) is 6.42 Å². The van der Waals surface area contributed by atoms with Crippen LogP contribution in [0.3, 0.4) is 0 Å². The van der Waals surface area contributed by atoms with Crippen LogP contribution in [0.25, 0.3) is 0 Å². The Kier molecular flexibility index (Phi) is 2.99. The van der Waals surface area contributed by atoms with Crippen LogP contribution < -0.4 is 0 Å². The molecule has 0 aliphatic heterocycles. The Bertz CT molecular complexity index is 524. The lowest BCUT2D eigenvalue weighted by molar-refractivity contribution is -0.123. The maximum Gasteiger partial charge on any atom is 0.157 e. The second-order valence-electron chi connectivity index (χ2n) is 5.44. The molecule has 2 nitrogen and oxygen atoms in total. The van der Waals surface area contributed by atoms with E-state index < -0.39 is 5.92 Å². The molecule has 0 radical (unpaired) electrons. The first-order valence-corrected chi connectivity index (χ1v) is 7.17. The molecule has 2 aliphatic rings. The Labute approximate surface area is 115 Å². The largest absolute Gasteiger partial charge is 0.298 e. The fraction of sp³-hybridized carbons (Fsp3) is 0.467. The minimum Gasteiger partial charge on any atom is -0.298 e. The van der Waals surface area contributed by atoms with Crippen molar-refractivity contribution >= 4 is 21.7 Å². The Morgan fingerprint density at radius 1 is 1.33 bits per heavy atom. The number of halogens is 1. The quantitative estimate of drug-likeness (QED) is 0.855. The van der Waals surface area contributed by atoms with Gasteiger partial charge in [0.2, 0.25) is 0 Å². The number of hydrogen-bond donors (Lipinski definition) is 0. The molecule has 0 bridgehead atoms. The average Bonchev–Trinajstić information content (AvgIpc) is 2.97. The van der Waals surface area contributed by atoms with Crippen molar-refractivity contribution in [3.8, 4) is 6.07 Å². The zero-order valence-electron chi connectivity index (χ0n) is 9.97. The van der Waals surface area contributed by atoms with E-state index in [1.54, 1.807) is 0 Å². The van der Waals surface area contributed by atoms with Crippen molar-refractivity contribution in [1.29, 1.82) is 5.26 Å². The summed E-state index contributed by atoms with van der Waals surface area (Å²) in [6.07, 6.45) is 3.32. The highest BCUT2D eigenvalue weighted by atomic mass is 79.9. The zero-order valence-corrected chi connectivity index (χ0v) is 11.6. The van der Waals surface area contributed by atoms with E-state index in [1.807, 2.05) is 24.3 Å². The molecular formula is C15H14BrNO. The van der Waals surface area contributed by atoms with Crippen molar-refractivity contribution in [2.24, 2.45) is 17.8 Å². The summed E-state index contributed by atoms with van der Waals surface area (Å²) in [5.74, 6) is 1.21. The van der Waals surface area contributed by atoms with E-state index in [0.29, 0.717) is 0 Å². The normalized spacial score (nSPS) is 30.3. The van der Waals surface area contributed by atoms with Crippen LogP contribution in [0.1, 0.15) is 30.7 Å². The first-order valence-electron chi connectivity index (χ1n) is 6.38. The number of benzene rings is 1. The van der Waals surface area contributed by atoms with Crippen molar-refractivity contribution in [2.75, 3.05) is 0 Å². The van der Waals surface area contributed by atoms with Gasteiger partial charge in [0.25, 0.3) is 0 Å². The monoisotopic (exact) mass is 303 g/mol. The van der Waals surface area contributed by atoms with E-state index in [0.717, 1.165) is 34.7 Å². The molecule has 92 valence electrons. The average molecular weight is 304 g/mol. The molecule has 3 heteroatoms. The van der Waals surface area contributed by atoms with Gasteiger partial charge in [-0.1, -0.05) is 28.1 Å². The van der Waals surface area contributed by atoms with Crippen molar-refractivity contribution in [2.45, 2.75) is 25.2 Å². The SMILES string of the molecule is N#CC(C(=O)C1CC2CC2C1)c1cccc(Br)c1. The van der Waals surface area contributed by atoms with Gasteiger partial charge >= 0.3 is 0 Å². The van der Waals surface area contributed by atoms with Crippen LogP contribution in [0.2, 0.25) is 0 Å². The number of ketones is 1. The number of nitriles is 1. The van der Waals surface area contributed by atoms with Gasteiger partial charge in [0, 0.05) is 10.4 Å². The molecule has 1 aromatic rings. The van der Waals surface area contributed by atoms with Crippen LogP contribution in [0.15, 0.2) is 28.7 Å². The lowest BCUT2D eigenvalue weighted by Crippen LogP contribution is -2.20. The molecule has 2 aliphatic carbocycles. The highest BCUT2D eigenvalue weighted by molar-refractivity contribution is 9.10. The second-order valence-corrected chi connectivity index (χ2v) is 6.36. The standard InChI is InChI=1S/C15H14BrNO/c16-13-3-1-2-9(7-13)14(8-17)15(18)12-5-10-4-11(10)6-12/h1-3,7,10-12,14H,4-6H2. The van der Waals surface area contributed by atoms with Crippen LogP contribution in [0.4, 0.5) is 0 Å². The number of fused-ring (bicyclic) bond motifs is 1. The second kappa shape index (κ2) is 4.51. The van der Waals surface area contributed by atoms with Gasteiger partial charge in [0.05, 0.1) is 6.07 Å². The summed E-state index contributed by atoms with van der Waals surface area (Å²) in [4.78, 5) is 12.4. The third-order valence-corrected chi connectivity index (χ3v) is 4.73. The molecule has 0 N–H and O–H groups in total. The van der Waals surface area contributed by atoms with Crippen molar-refractivity contribution < 1.29 is 4.79 Å². The highest BCUT2D eigenvalue weighted by Gasteiger charge is 2.49. The summed E-state index contributed by atoms with van der Waals surface area (Å²) >= 11 is 3.39. The molecule has 0 spiro atoms. The molecular weight excluding hydrogens is 290 g/mol. The molecule has 3 rings (SSSR count). The van der Waals surface area contributed by atoms with Crippen LogP contribution in [-0.4, -0.2) is 5.78 Å². The zero-order chi connectivity index (χ0) is 12.7. The van der Waals surface area contributed by atoms with E-state index in [-0.39, 0.29) is 11.7 Å². The van der Waals surface area contributed by atoms with Gasteiger partial charge in [-0.25, -0.2) is 0 Å². The Hall–Kier alpha value is -1.14. The van der Waals surface area contributed by atoms with Crippen LogP contribution in [-0.2, 0) is 4.79 Å². The number of hydrogen-bond acceptors (Lipinski definition) is 2. The molecule has 3 atom stereocenters. The summed E-state index contributed by atoms with van der Waals surface area (Å²) in [7, 11) is 0. The van der Waals surface area contributed by atoms with Gasteiger partial charge in [-0.2, -0.15) is 5.26 Å². The lowest BCUT2D eigenvalue weighted by atomic mass is 9.86. The van der Waals surface area contributed by atoms with Crippen molar-refractivity contribution in [3.63, 3.8) is 0 Å². The number of Topliss-reactive ketones (excluding diaryl/α,β-unsaturated/α-hetero) is 1. The minimum atomic E-state index is -0.593. The summed E-state index contributed by atoms with van der Waals surface area (Å²) in [6.45, 7) is 0. The fourth-order valence-electron chi connectivity index (χ4n) is 3.17. The molecule has 0 heterocycles. The maximum absolute atomic E-state index is 12.4. The van der Waals surface area contributed by atoms with Gasteiger partial charge in [-0.05, 0) is 48.8 Å². The van der Waals surface area contributed by atoms with Gasteiger partial charge < -0.3 is 0 Å². The van der Waals surface area contributed by atoms with Gasteiger partial charge in [-0.15, -0.1) is 0 Å². The Morgan fingerprint density at radius 2 is 2.06 bits per heavy atom. The van der Waals surface area contributed by atoms with Gasteiger partial charge in [0.1, 0.15) is 5.92 Å². The minimum absolute atomic E-state index is 0.123. The molecule has 18 heavy (non-hydrogen) atoms. The van der Waals surface area contributed by atoms with Crippen LogP contribution >= 0.6 is 15.9 Å². The molecule has 3 unspecified atom stereocenters. The first-order chi connectivity index (χ1) is 8.69. The van der Waals surface area contributed by atoms with Gasteiger partial charge in [0.15, 0.2) is 5.78 Å². The first kappa shape index (κ1) is 11.9.